The van der Waals surface area contributed by atoms with Gasteiger partial charge in [-0.3, -0.25) is 9.00 Å². The Labute approximate surface area is 212 Å². The van der Waals surface area contributed by atoms with Gasteiger partial charge in [-0.1, -0.05) is 18.2 Å². The van der Waals surface area contributed by atoms with Crippen molar-refractivity contribution in [3.05, 3.63) is 64.2 Å². The van der Waals surface area contributed by atoms with Gasteiger partial charge in [0, 0.05) is 53.9 Å². The molecule has 1 saturated carbocycles. The van der Waals surface area contributed by atoms with Gasteiger partial charge >= 0.3 is 6.18 Å². The molecule has 2 N–H and O–H groups in total. The zero-order chi connectivity index (χ0) is 27.5. The summed E-state index contributed by atoms with van der Waals surface area (Å²) in [5.74, 6) is -5.58. The quantitative estimate of drug-likeness (QED) is 0.340. The number of nitrogens with zero attached hydrogens (tertiary/aromatic N) is 1. The van der Waals surface area contributed by atoms with Gasteiger partial charge < -0.3 is 9.87 Å². The SMILES string of the molecule is CC(NS(=O)[O-])c1ccc(C(C)C(=O)NCc2ccc(C(F)(F)F)nc2C2CCC(F)(F)CC2)cc1F. The number of aromatic nitrogens is 1. The van der Waals surface area contributed by atoms with Crippen LogP contribution in [0.3, 0.4) is 0 Å². The van der Waals surface area contributed by atoms with E-state index >= 15 is 0 Å². The number of carbonyl (C=O) groups is 1. The third-order valence-electron chi connectivity index (χ3n) is 6.52. The fourth-order valence-corrected chi connectivity index (χ4v) is 4.75. The summed E-state index contributed by atoms with van der Waals surface area (Å²) in [6.07, 6.45) is -5.69. The van der Waals surface area contributed by atoms with Crippen molar-refractivity contribution in [2.45, 2.75) is 76.1 Å². The van der Waals surface area contributed by atoms with Crippen molar-refractivity contribution in [1.29, 1.82) is 0 Å². The Morgan fingerprint density at radius 2 is 1.84 bits per heavy atom. The Balaban J connectivity index is 1.75. The van der Waals surface area contributed by atoms with Gasteiger partial charge in [0.2, 0.25) is 11.8 Å². The minimum atomic E-state index is -4.71. The fourth-order valence-electron chi connectivity index (χ4n) is 4.34. The molecule has 0 radical (unpaired) electrons. The molecular formula is C24H26F6N3O3S-. The molecule has 3 rings (SSSR count). The number of rotatable bonds is 8. The lowest BCUT2D eigenvalue weighted by molar-refractivity contribution is -0.141. The minimum absolute atomic E-state index is 0.0303. The molecule has 0 bridgehead atoms. The summed E-state index contributed by atoms with van der Waals surface area (Å²) in [5, 5.41) is 2.61. The van der Waals surface area contributed by atoms with Crippen molar-refractivity contribution in [3.8, 4) is 0 Å². The zero-order valence-electron chi connectivity index (χ0n) is 20.0. The first-order valence-electron chi connectivity index (χ1n) is 11.6. The first-order chi connectivity index (χ1) is 17.2. The summed E-state index contributed by atoms with van der Waals surface area (Å²) in [7, 11) is 0. The average Bonchev–Trinajstić information content (AvgIpc) is 2.80. The molecule has 13 heteroatoms. The molecule has 1 aromatic heterocycles. The van der Waals surface area contributed by atoms with Crippen LogP contribution in [-0.2, 0) is 28.8 Å². The predicted molar refractivity (Wildman–Crippen MR) is 123 cm³/mol. The van der Waals surface area contributed by atoms with Crippen molar-refractivity contribution in [1.82, 2.24) is 15.0 Å². The summed E-state index contributed by atoms with van der Waals surface area (Å²) in [6, 6.07) is 5.08. The van der Waals surface area contributed by atoms with Crippen LogP contribution in [0, 0.1) is 5.82 Å². The van der Waals surface area contributed by atoms with Gasteiger partial charge in [0.15, 0.2) is 0 Å². The number of pyridine rings is 1. The largest absolute Gasteiger partial charge is 0.760 e. The molecule has 0 saturated heterocycles. The van der Waals surface area contributed by atoms with Crippen LogP contribution in [0.5, 0.6) is 0 Å². The third kappa shape index (κ3) is 7.51. The highest BCUT2D eigenvalue weighted by Gasteiger charge is 2.38. The predicted octanol–water partition coefficient (Wildman–Crippen LogP) is 5.40. The molecule has 204 valence electrons. The van der Waals surface area contributed by atoms with Gasteiger partial charge in [-0.15, -0.1) is 0 Å². The average molecular weight is 551 g/mol. The number of hydrogen-bond donors (Lipinski definition) is 2. The molecule has 1 amide bonds. The number of alkyl halides is 5. The lowest BCUT2D eigenvalue weighted by Gasteiger charge is -2.29. The summed E-state index contributed by atoms with van der Waals surface area (Å²) in [5.41, 5.74) is -0.432. The molecule has 1 fully saturated rings. The van der Waals surface area contributed by atoms with Gasteiger partial charge in [0.05, 0.1) is 5.92 Å². The van der Waals surface area contributed by atoms with E-state index < -0.39 is 71.5 Å². The second kappa shape index (κ2) is 11.5. The molecule has 6 nitrogen and oxygen atoms in total. The molecule has 2 aromatic rings. The van der Waals surface area contributed by atoms with E-state index in [4.69, 9.17) is 0 Å². The van der Waals surface area contributed by atoms with Crippen LogP contribution in [0.15, 0.2) is 30.3 Å². The number of hydrogen-bond acceptors (Lipinski definition) is 4. The molecule has 3 unspecified atom stereocenters. The van der Waals surface area contributed by atoms with E-state index in [0.29, 0.717) is 5.56 Å². The van der Waals surface area contributed by atoms with E-state index in [1.807, 2.05) is 0 Å². The number of halogens is 6. The second-order valence-electron chi connectivity index (χ2n) is 9.16. The fraction of sp³-hybridized carbons (Fsp3) is 0.500. The summed E-state index contributed by atoms with van der Waals surface area (Å²) >= 11 is -2.60. The maximum absolute atomic E-state index is 14.5. The van der Waals surface area contributed by atoms with Gasteiger partial charge in [-0.05, 0) is 49.9 Å². The Morgan fingerprint density at radius 3 is 2.41 bits per heavy atom. The normalized spacial score (nSPS) is 18.7. The van der Waals surface area contributed by atoms with Crippen molar-refractivity contribution in [2.24, 2.45) is 0 Å². The Kier molecular flexibility index (Phi) is 9.01. The van der Waals surface area contributed by atoms with Crippen LogP contribution >= 0.6 is 0 Å². The Bertz CT molecular complexity index is 1150. The van der Waals surface area contributed by atoms with Crippen molar-refractivity contribution >= 4 is 17.2 Å². The number of benzene rings is 1. The van der Waals surface area contributed by atoms with Gasteiger partial charge in [0.1, 0.15) is 11.5 Å². The molecular weight excluding hydrogens is 524 g/mol. The summed E-state index contributed by atoms with van der Waals surface area (Å²) in [6.45, 7) is 2.77. The maximum Gasteiger partial charge on any atom is 0.433 e. The van der Waals surface area contributed by atoms with Crippen molar-refractivity contribution in [2.75, 3.05) is 0 Å². The Morgan fingerprint density at radius 1 is 1.19 bits per heavy atom. The van der Waals surface area contributed by atoms with E-state index in [0.717, 1.165) is 12.1 Å². The number of carbonyl (C=O) groups excluding carboxylic acids is 1. The van der Waals surface area contributed by atoms with Gasteiger partial charge in [0.25, 0.3) is 0 Å². The molecule has 37 heavy (non-hydrogen) atoms. The van der Waals surface area contributed by atoms with E-state index in [1.54, 1.807) is 0 Å². The highest BCUT2D eigenvalue weighted by molar-refractivity contribution is 7.77. The molecule has 0 spiro atoms. The number of nitrogens with one attached hydrogen (secondary N) is 2. The molecule has 1 aliphatic carbocycles. The van der Waals surface area contributed by atoms with E-state index in [2.05, 4.69) is 15.0 Å². The molecule has 1 aromatic carbocycles. The van der Waals surface area contributed by atoms with Crippen LogP contribution < -0.4 is 10.0 Å². The summed E-state index contributed by atoms with van der Waals surface area (Å²) < 4.78 is 105. The standard InChI is InChI=1S/C24H27F6N3O3S/c1-13(16-3-5-18(19(25)11-16)14(2)33-37(35)36)22(34)31-12-17-4-6-20(24(28,29)30)32-21(17)15-7-9-23(26,27)10-8-15/h3-6,11,13-15,33H,7-10,12H2,1-2H3,(H,31,34)(H,35,36)/p-1. The van der Waals surface area contributed by atoms with Crippen LogP contribution in [0.25, 0.3) is 0 Å². The van der Waals surface area contributed by atoms with Crippen LogP contribution in [-0.4, -0.2) is 25.6 Å². The van der Waals surface area contributed by atoms with Crippen LogP contribution in [0.1, 0.15) is 85.5 Å². The minimum Gasteiger partial charge on any atom is -0.760 e. The van der Waals surface area contributed by atoms with E-state index in [9.17, 15) is 39.9 Å². The monoisotopic (exact) mass is 550 g/mol. The first-order valence-corrected chi connectivity index (χ1v) is 12.6. The lowest BCUT2D eigenvalue weighted by atomic mass is 9.83. The summed E-state index contributed by atoms with van der Waals surface area (Å²) in [4.78, 5) is 16.5. The lowest BCUT2D eigenvalue weighted by Crippen LogP contribution is -2.30. The Hall–Kier alpha value is -2.51. The van der Waals surface area contributed by atoms with Gasteiger partial charge in [-0.25, -0.2) is 22.9 Å². The van der Waals surface area contributed by atoms with E-state index in [1.165, 1.54) is 32.0 Å². The highest BCUT2D eigenvalue weighted by Crippen LogP contribution is 2.42. The van der Waals surface area contributed by atoms with Crippen LogP contribution in [0.4, 0.5) is 26.3 Å². The molecule has 0 aliphatic heterocycles. The molecule has 1 heterocycles. The third-order valence-corrected chi connectivity index (χ3v) is 7.06. The topological polar surface area (TPSA) is 94.1 Å². The van der Waals surface area contributed by atoms with Gasteiger partial charge in [-0.2, -0.15) is 13.2 Å². The zero-order valence-corrected chi connectivity index (χ0v) is 20.8. The van der Waals surface area contributed by atoms with E-state index in [-0.39, 0.29) is 36.2 Å². The van der Waals surface area contributed by atoms with Crippen molar-refractivity contribution < 1.29 is 39.9 Å². The molecule has 3 atom stereocenters. The first kappa shape index (κ1) is 29.1. The maximum atomic E-state index is 14.5. The number of amides is 1. The second-order valence-corrected chi connectivity index (χ2v) is 9.87. The van der Waals surface area contributed by atoms with Crippen molar-refractivity contribution in [3.63, 3.8) is 0 Å². The van der Waals surface area contributed by atoms with Crippen LogP contribution in [0.2, 0.25) is 0 Å². The smallest absolute Gasteiger partial charge is 0.433 e. The molecule has 1 aliphatic rings. The highest BCUT2D eigenvalue weighted by atomic mass is 32.2.